The van der Waals surface area contributed by atoms with Crippen LogP contribution in [-0.2, 0) is 16.0 Å². The van der Waals surface area contributed by atoms with E-state index in [1.807, 2.05) is 24.3 Å². The smallest absolute Gasteiger partial charge is 0.136 e. The number of ketones is 1. The van der Waals surface area contributed by atoms with E-state index in [-0.39, 0.29) is 5.60 Å². The number of hydrogen-bond donors (Lipinski definition) is 0. The third-order valence-electron chi connectivity index (χ3n) is 4.07. The van der Waals surface area contributed by atoms with Crippen LogP contribution >= 0.6 is 0 Å². The summed E-state index contributed by atoms with van der Waals surface area (Å²) in [4.78, 5) is 12.0. The quantitative estimate of drug-likeness (QED) is 0.757. The number of rotatable bonds is 7. The molecule has 0 amide bonds. The number of benzene rings is 1. The van der Waals surface area contributed by atoms with Gasteiger partial charge in [-0.2, -0.15) is 0 Å². The minimum atomic E-state index is -0.142. The van der Waals surface area contributed by atoms with Gasteiger partial charge in [0.05, 0.1) is 12.7 Å². The van der Waals surface area contributed by atoms with Crippen LogP contribution in [0.3, 0.4) is 0 Å². The Morgan fingerprint density at radius 3 is 2.37 bits per heavy atom. The van der Waals surface area contributed by atoms with Crippen molar-refractivity contribution in [2.75, 3.05) is 14.2 Å². The van der Waals surface area contributed by atoms with Gasteiger partial charge in [-0.05, 0) is 43.4 Å². The first kappa shape index (κ1) is 14.1. The molecule has 0 radical (unpaired) electrons. The van der Waals surface area contributed by atoms with E-state index in [0.717, 1.165) is 25.0 Å². The van der Waals surface area contributed by atoms with Gasteiger partial charge >= 0.3 is 0 Å². The van der Waals surface area contributed by atoms with Gasteiger partial charge in [0, 0.05) is 20.0 Å². The molecule has 1 aliphatic carbocycles. The predicted octanol–water partition coefficient (Wildman–Crippen LogP) is 3.16. The van der Waals surface area contributed by atoms with Crippen LogP contribution in [0.2, 0.25) is 0 Å². The molecule has 0 aliphatic heterocycles. The highest BCUT2D eigenvalue weighted by Crippen LogP contribution is 2.38. The van der Waals surface area contributed by atoms with E-state index in [1.54, 1.807) is 14.2 Å². The van der Waals surface area contributed by atoms with Crippen LogP contribution in [-0.4, -0.2) is 25.6 Å². The highest BCUT2D eigenvalue weighted by Gasteiger charge is 2.38. The van der Waals surface area contributed by atoms with Gasteiger partial charge in [-0.1, -0.05) is 12.1 Å². The summed E-state index contributed by atoms with van der Waals surface area (Å²) in [7, 11) is 3.37. The third kappa shape index (κ3) is 3.57. The number of carbonyl (C=O) groups is 1. The van der Waals surface area contributed by atoms with Gasteiger partial charge in [0.1, 0.15) is 11.5 Å². The van der Waals surface area contributed by atoms with E-state index in [0.29, 0.717) is 18.6 Å². The number of hydrogen-bond acceptors (Lipinski definition) is 3. The molecule has 1 aromatic carbocycles. The van der Waals surface area contributed by atoms with Crippen LogP contribution in [0.4, 0.5) is 0 Å². The molecular weight excluding hydrogens is 240 g/mol. The lowest BCUT2D eigenvalue weighted by Crippen LogP contribution is -2.41. The Balaban J connectivity index is 1.79. The molecule has 2 rings (SSSR count). The molecule has 0 saturated heterocycles. The monoisotopic (exact) mass is 262 g/mol. The topological polar surface area (TPSA) is 35.5 Å². The molecule has 0 unspecified atom stereocenters. The van der Waals surface area contributed by atoms with Crippen LogP contribution < -0.4 is 4.74 Å². The number of Topliss-reactive ketones (excluding diaryl/α,β-unsaturated/α-hetero) is 1. The van der Waals surface area contributed by atoms with Crippen molar-refractivity contribution in [1.29, 1.82) is 0 Å². The zero-order chi connectivity index (χ0) is 13.7. The highest BCUT2D eigenvalue weighted by atomic mass is 16.5. The van der Waals surface area contributed by atoms with E-state index in [1.165, 1.54) is 12.0 Å². The van der Waals surface area contributed by atoms with Gasteiger partial charge in [0.25, 0.3) is 0 Å². The van der Waals surface area contributed by atoms with E-state index < -0.39 is 0 Å². The second-order valence-electron chi connectivity index (χ2n) is 5.30. The Bertz CT molecular complexity index is 413. The fourth-order valence-corrected chi connectivity index (χ4v) is 2.55. The van der Waals surface area contributed by atoms with Crippen molar-refractivity contribution in [2.45, 2.75) is 44.1 Å². The van der Waals surface area contributed by atoms with Crippen molar-refractivity contribution in [2.24, 2.45) is 0 Å². The van der Waals surface area contributed by atoms with Gasteiger partial charge in [-0.3, -0.25) is 4.79 Å². The SMILES string of the molecule is COc1ccc(CCC(=O)CC2(OC)CCC2)cc1. The molecule has 0 N–H and O–H groups in total. The van der Waals surface area contributed by atoms with Crippen molar-refractivity contribution in [3.8, 4) is 5.75 Å². The molecule has 0 bridgehead atoms. The first-order valence-corrected chi connectivity index (χ1v) is 6.87. The Morgan fingerprint density at radius 2 is 1.89 bits per heavy atom. The van der Waals surface area contributed by atoms with E-state index >= 15 is 0 Å². The lowest BCUT2D eigenvalue weighted by Gasteiger charge is -2.40. The number of ether oxygens (including phenoxy) is 2. The zero-order valence-corrected chi connectivity index (χ0v) is 11.8. The molecule has 1 aliphatic rings. The summed E-state index contributed by atoms with van der Waals surface area (Å²) in [6, 6.07) is 7.90. The summed E-state index contributed by atoms with van der Waals surface area (Å²) in [6.45, 7) is 0. The molecule has 0 atom stereocenters. The van der Waals surface area contributed by atoms with Gasteiger partial charge in [0.2, 0.25) is 0 Å². The maximum absolute atomic E-state index is 12.0. The normalized spacial score (nSPS) is 16.7. The molecule has 0 spiro atoms. The fraction of sp³-hybridized carbons (Fsp3) is 0.562. The summed E-state index contributed by atoms with van der Waals surface area (Å²) in [5, 5.41) is 0. The van der Waals surface area contributed by atoms with Crippen LogP contribution in [0.1, 0.15) is 37.7 Å². The summed E-state index contributed by atoms with van der Waals surface area (Å²) in [6.07, 6.45) is 5.19. The van der Waals surface area contributed by atoms with Crippen LogP contribution in [0.15, 0.2) is 24.3 Å². The maximum Gasteiger partial charge on any atom is 0.136 e. The van der Waals surface area contributed by atoms with Crippen LogP contribution in [0, 0.1) is 0 Å². The standard InChI is InChI=1S/C16H22O3/c1-18-15-8-5-13(6-9-15)4-7-14(17)12-16(19-2)10-3-11-16/h5-6,8-9H,3-4,7,10-12H2,1-2H3. The average molecular weight is 262 g/mol. The van der Waals surface area contributed by atoms with Crippen LogP contribution in [0.25, 0.3) is 0 Å². The minimum absolute atomic E-state index is 0.142. The molecule has 1 fully saturated rings. The molecule has 0 heterocycles. The predicted molar refractivity (Wildman–Crippen MR) is 74.5 cm³/mol. The van der Waals surface area contributed by atoms with Gasteiger partial charge in [0.15, 0.2) is 0 Å². The number of aryl methyl sites for hydroxylation is 1. The molecule has 3 nitrogen and oxygen atoms in total. The zero-order valence-electron chi connectivity index (χ0n) is 11.8. The molecular formula is C16H22O3. The first-order chi connectivity index (χ1) is 9.17. The van der Waals surface area contributed by atoms with Crippen molar-refractivity contribution in [3.05, 3.63) is 29.8 Å². The molecule has 19 heavy (non-hydrogen) atoms. The summed E-state index contributed by atoms with van der Waals surface area (Å²) in [5.41, 5.74) is 1.03. The van der Waals surface area contributed by atoms with Crippen LogP contribution in [0.5, 0.6) is 5.75 Å². The molecule has 3 heteroatoms. The summed E-state index contributed by atoms with van der Waals surface area (Å²) >= 11 is 0. The highest BCUT2D eigenvalue weighted by molar-refractivity contribution is 5.79. The van der Waals surface area contributed by atoms with Crippen molar-refractivity contribution < 1.29 is 14.3 Å². The van der Waals surface area contributed by atoms with Crippen molar-refractivity contribution in [1.82, 2.24) is 0 Å². The molecule has 1 saturated carbocycles. The molecule has 1 aromatic rings. The van der Waals surface area contributed by atoms with Gasteiger partial charge in [-0.15, -0.1) is 0 Å². The van der Waals surface area contributed by atoms with Gasteiger partial charge < -0.3 is 9.47 Å². The Kier molecular flexibility index (Phi) is 4.59. The second-order valence-corrected chi connectivity index (χ2v) is 5.30. The van der Waals surface area contributed by atoms with E-state index in [4.69, 9.17) is 9.47 Å². The molecule has 104 valence electrons. The van der Waals surface area contributed by atoms with Gasteiger partial charge in [-0.25, -0.2) is 0 Å². The molecule has 0 aromatic heterocycles. The van der Waals surface area contributed by atoms with E-state index in [9.17, 15) is 4.79 Å². The Hall–Kier alpha value is -1.35. The third-order valence-corrected chi connectivity index (χ3v) is 4.07. The number of carbonyl (C=O) groups excluding carboxylic acids is 1. The first-order valence-electron chi connectivity index (χ1n) is 6.87. The maximum atomic E-state index is 12.0. The lowest BCUT2D eigenvalue weighted by molar-refractivity contribution is -0.132. The lowest BCUT2D eigenvalue weighted by atomic mass is 9.76. The van der Waals surface area contributed by atoms with E-state index in [2.05, 4.69) is 0 Å². The minimum Gasteiger partial charge on any atom is -0.497 e. The fourth-order valence-electron chi connectivity index (χ4n) is 2.55. The Labute approximate surface area is 114 Å². The number of methoxy groups -OCH3 is 2. The largest absolute Gasteiger partial charge is 0.497 e. The Morgan fingerprint density at radius 1 is 1.21 bits per heavy atom. The van der Waals surface area contributed by atoms with Crippen molar-refractivity contribution >= 4 is 5.78 Å². The summed E-state index contributed by atoms with van der Waals surface area (Å²) in [5.74, 6) is 1.15. The van der Waals surface area contributed by atoms with Crippen molar-refractivity contribution in [3.63, 3.8) is 0 Å². The summed E-state index contributed by atoms with van der Waals surface area (Å²) < 4.78 is 10.6. The second kappa shape index (κ2) is 6.20. The average Bonchev–Trinajstić information content (AvgIpc) is 2.41.